The van der Waals surface area contributed by atoms with E-state index >= 15 is 0 Å². The number of carbonyl (C=O) groups is 1. The van der Waals surface area contributed by atoms with Crippen LogP contribution in [-0.4, -0.2) is 23.5 Å². The number of rotatable bonds is 7. The fraction of sp³-hybridized carbons (Fsp3) is 0.333. The molecule has 1 aromatic heterocycles. The number of carbonyl (C=O) groups excluding carboxylic acids is 1. The minimum Gasteiger partial charge on any atom is -0.348 e. The molecule has 24 heavy (non-hydrogen) atoms. The lowest BCUT2D eigenvalue weighted by Gasteiger charge is -2.16. The molecule has 0 fully saturated rings. The van der Waals surface area contributed by atoms with Gasteiger partial charge in [-0.2, -0.15) is 0 Å². The van der Waals surface area contributed by atoms with E-state index in [1.807, 2.05) is 30.3 Å². The van der Waals surface area contributed by atoms with Gasteiger partial charge in [0, 0.05) is 18.3 Å². The van der Waals surface area contributed by atoms with E-state index in [0.717, 1.165) is 24.8 Å². The fourth-order valence-electron chi connectivity index (χ4n) is 2.40. The predicted octanol–water partition coefficient (Wildman–Crippen LogP) is 2.71. The van der Waals surface area contributed by atoms with Crippen molar-refractivity contribution in [3.8, 4) is 11.3 Å². The summed E-state index contributed by atoms with van der Waals surface area (Å²) in [7, 11) is 0. The maximum atomic E-state index is 12.3. The van der Waals surface area contributed by atoms with Crippen LogP contribution in [0.5, 0.6) is 0 Å². The third-order valence-corrected chi connectivity index (χ3v) is 3.76. The van der Waals surface area contributed by atoms with Crippen molar-refractivity contribution in [3.63, 3.8) is 0 Å². The van der Waals surface area contributed by atoms with Crippen LogP contribution in [0.4, 0.5) is 0 Å². The molecule has 1 unspecified atom stereocenters. The highest BCUT2D eigenvalue weighted by molar-refractivity contribution is 5.94. The van der Waals surface area contributed by atoms with Crippen LogP contribution >= 0.6 is 12.4 Å². The molecule has 0 radical (unpaired) electrons. The van der Waals surface area contributed by atoms with Gasteiger partial charge in [0.2, 0.25) is 0 Å². The summed E-state index contributed by atoms with van der Waals surface area (Å²) in [4.78, 5) is 27.2. The van der Waals surface area contributed by atoms with Crippen molar-refractivity contribution >= 4 is 18.3 Å². The lowest BCUT2D eigenvalue weighted by Crippen LogP contribution is -2.41. The molecule has 4 N–H and O–H groups in total. The Labute approximate surface area is 148 Å². The number of pyridine rings is 1. The average molecular weight is 350 g/mol. The third-order valence-electron chi connectivity index (χ3n) is 3.76. The molecular formula is C18H24ClN3O2. The van der Waals surface area contributed by atoms with Gasteiger partial charge in [-0.25, -0.2) is 0 Å². The van der Waals surface area contributed by atoms with Crippen molar-refractivity contribution < 1.29 is 4.79 Å². The van der Waals surface area contributed by atoms with Crippen LogP contribution in [0.1, 0.15) is 36.5 Å². The average Bonchev–Trinajstić information content (AvgIpc) is 2.59. The maximum Gasteiger partial charge on any atom is 0.261 e. The van der Waals surface area contributed by atoms with Crippen LogP contribution in [0.2, 0.25) is 0 Å². The van der Waals surface area contributed by atoms with E-state index in [1.54, 1.807) is 12.1 Å². The first-order valence-electron chi connectivity index (χ1n) is 7.95. The van der Waals surface area contributed by atoms with Gasteiger partial charge < -0.3 is 16.0 Å². The Balaban J connectivity index is 0.00000288. The fourth-order valence-corrected chi connectivity index (χ4v) is 2.40. The number of H-pyrrole nitrogens is 1. The summed E-state index contributed by atoms with van der Waals surface area (Å²) in [6.45, 7) is 2.45. The van der Waals surface area contributed by atoms with Crippen LogP contribution in [0.25, 0.3) is 11.3 Å². The summed E-state index contributed by atoms with van der Waals surface area (Å²) in [6, 6.07) is 12.7. The highest BCUT2D eigenvalue weighted by Crippen LogP contribution is 2.14. The second kappa shape index (κ2) is 9.90. The predicted molar refractivity (Wildman–Crippen MR) is 99.6 cm³/mol. The molecule has 0 spiro atoms. The number of aromatic nitrogens is 1. The first-order chi connectivity index (χ1) is 11.2. The molecule has 0 aliphatic carbocycles. The Morgan fingerprint density at radius 3 is 2.50 bits per heavy atom. The number of aromatic amines is 1. The largest absolute Gasteiger partial charge is 0.348 e. The number of hydrogen-bond donors (Lipinski definition) is 3. The van der Waals surface area contributed by atoms with Crippen LogP contribution in [-0.2, 0) is 0 Å². The van der Waals surface area contributed by atoms with Crippen LogP contribution < -0.4 is 16.6 Å². The van der Waals surface area contributed by atoms with Crippen LogP contribution in [0, 0.1) is 0 Å². The van der Waals surface area contributed by atoms with E-state index < -0.39 is 5.56 Å². The molecule has 1 aromatic carbocycles. The van der Waals surface area contributed by atoms with E-state index in [9.17, 15) is 9.59 Å². The second-order valence-electron chi connectivity index (χ2n) is 5.53. The molecule has 0 aliphatic heterocycles. The highest BCUT2D eigenvalue weighted by Gasteiger charge is 2.15. The number of nitrogens with one attached hydrogen (secondary N) is 2. The van der Waals surface area contributed by atoms with Crippen molar-refractivity contribution in [2.45, 2.75) is 32.2 Å². The molecule has 0 bridgehead atoms. The zero-order valence-electron chi connectivity index (χ0n) is 13.7. The molecule has 0 aliphatic rings. The van der Waals surface area contributed by atoms with Crippen molar-refractivity contribution in [1.29, 1.82) is 0 Å². The first kappa shape index (κ1) is 19.9. The first-order valence-corrected chi connectivity index (χ1v) is 7.95. The van der Waals surface area contributed by atoms with Crippen LogP contribution in [0.3, 0.4) is 0 Å². The molecule has 2 rings (SSSR count). The molecule has 0 saturated heterocycles. The van der Waals surface area contributed by atoms with Crippen molar-refractivity contribution in [2.75, 3.05) is 6.54 Å². The van der Waals surface area contributed by atoms with Crippen molar-refractivity contribution in [3.05, 3.63) is 58.4 Å². The Hall–Kier alpha value is -2.11. The molecule has 6 heteroatoms. The molecule has 130 valence electrons. The molecule has 0 saturated carbocycles. The van der Waals surface area contributed by atoms with Gasteiger partial charge in [0.05, 0.1) is 0 Å². The Morgan fingerprint density at radius 1 is 1.21 bits per heavy atom. The van der Waals surface area contributed by atoms with Crippen molar-refractivity contribution in [2.24, 2.45) is 5.73 Å². The number of halogens is 1. The van der Waals surface area contributed by atoms with Gasteiger partial charge >= 0.3 is 0 Å². The van der Waals surface area contributed by atoms with E-state index in [0.29, 0.717) is 12.2 Å². The smallest absolute Gasteiger partial charge is 0.261 e. The Bertz CT molecular complexity index is 701. The molecule has 5 nitrogen and oxygen atoms in total. The normalized spacial score (nSPS) is 11.4. The quantitative estimate of drug-likeness (QED) is 0.718. The Kier molecular flexibility index (Phi) is 8.22. The number of hydrogen-bond acceptors (Lipinski definition) is 3. The van der Waals surface area contributed by atoms with Gasteiger partial charge in [0.1, 0.15) is 5.56 Å². The summed E-state index contributed by atoms with van der Waals surface area (Å²) in [6.07, 6.45) is 2.85. The summed E-state index contributed by atoms with van der Waals surface area (Å²) in [5.41, 5.74) is 6.99. The standard InChI is InChI=1S/C18H23N3O2.ClH/c1-2-3-9-14(12-19)20-17(22)15-10-11-16(21-18(15)23)13-7-5-4-6-8-13;/h4-8,10-11,14H,2-3,9,12,19H2,1H3,(H,20,22)(H,21,23);1H. The maximum absolute atomic E-state index is 12.3. The van der Waals surface area contributed by atoms with Gasteiger partial charge in [-0.05, 0) is 24.1 Å². The number of amides is 1. The molecular weight excluding hydrogens is 326 g/mol. The number of benzene rings is 1. The number of nitrogens with two attached hydrogens (primary N) is 1. The molecule has 1 amide bonds. The molecule has 2 aromatic rings. The lowest BCUT2D eigenvalue weighted by molar-refractivity contribution is 0.0934. The van der Waals surface area contributed by atoms with Gasteiger partial charge in [-0.15, -0.1) is 12.4 Å². The van der Waals surface area contributed by atoms with E-state index in [2.05, 4.69) is 17.2 Å². The van der Waals surface area contributed by atoms with Crippen molar-refractivity contribution in [1.82, 2.24) is 10.3 Å². The summed E-state index contributed by atoms with van der Waals surface area (Å²) < 4.78 is 0. The van der Waals surface area contributed by atoms with Crippen LogP contribution in [0.15, 0.2) is 47.3 Å². The van der Waals surface area contributed by atoms with E-state index in [-0.39, 0.29) is 29.9 Å². The third kappa shape index (κ3) is 5.22. The minimum atomic E-state index is -0.393. The van der Waals surface area contributed by atoms with E-state index in [1.165, 1.54) is 0 Å². The lowest BCUT2D eigenvalue weighted by atomic mass is 10.1. The minimum absolute atomic E-state index is 0. The number of unbranched alkanes of at least 4 members (excludes halogenated alkanes) is 1. The molecule has 1 atom stereocenters. The van der Waals surface area contributed by atoms with E-state index in [4.69, 9.17) is 5.73 Å². The zero-order valence-corrected chi connectivity index (χ0v) is 14.6. The zero-order chi connectivity index (χ0) is 16.7. The van der Waals surface area contributed by atoms with Gasteiger partial charge in [0.25, 0.3) is 11.5 Å². The topological polar surface area (TPSA) is 88.0 Å². The second-order valence-corrected chi connectivity index (χ2v) is 5.53. The van der Waals surface area contributed by atoms with Gasteiger partial charge in [0.15, 0.2) is 0 Å². The molecule has 1 heterocycles. The summed E-state index contributed by atoms with van der Waals surface area (Å²) in [5, 5.41) is 2.83. The summed E-state index contributed by atoms with van der Waals surface area (Å²) in [5.74, 6) is -0.377. The van der Waals surface area contributed by atoms with Gasteiger partial charge in [-0.1, -0.05) is 50.1 Å². The highest BCUT2D eigenvalue weighted by atomic mass is 35.5. The Morgan fingerprint density at radius 2 is 1.92 bits per heavy atom. The monoisotopic (exact) mass is 349 g/mol. The van der Waals surface area contributed by atoms with Gasteiger partial charge in [-0.3, -0.25) is 9.59 Å². The summed E-state index contributed by atoms with van der Waals surface area (Å²) >= 11 is 0. The SMILES string of the molecule is CCCCC(CN)NC(=O)c1ccc(-c2ccccc2)[nH]c1=O.Cl.